The highest BCUT2D eigenvalue weighted by molar-refractivity contribution is 5.75. The molecule has 192 valence electrons. The van der Waals surface area contributed by atoms with Crippen molar-refractivity contribution < 1.29 is 27.8 Å². The zero-order valence-corrected chi connectivity index (χ0v) is 20.1. The van der Waals surface area contributed by atoms with Gasteiger partial charge in [0.25, 0.3) is 0 Å². The number of ether oxygens (including phenoxy) is 1. The van der Waals surface area contributed by atoms with Gasteiger partial charge in [-0.1, -0.05) is 12.1 Å². The molecule has 2 saturated heterocycles. The van der Waals surface area contributed by atoms with Gasteiger partial charge >= 0.3 is 12.2 Å². The van der Waals surface area contributed by atoms with Gasteiger partial charge in [-0.2, -0.15) is 18.3 Å². The lowest BCUT2D eigenvalue weighted by molar-refractivity contribution is -0.138. The van der Waals surface area contributed by atoms with Crippen LogP contribution in [0.5, 0.6) is 0 Å². The number of aromatic amines is 1. The molecule has 0 saturated carbocycles. The molecule has 2 aromatic rings. The number of nitrogens with one attached hydrogen (secondary N) is 1. The Balaban J connectivity index is 1.61. The average Bonchev–Trinajstić information content (AvgIpc) is 3.31. The summed E-state index contributed by atoms with van der Waals surface area (Å²) >= 11 is 0. The molecule has 3 heterocycles. The van der Waals surface area contributed by atoms with Crippen LogP contribution in [-0.4, -0.2) is 77.1 Å². The van der Waals surface area contributed by atoms with Gasteiger partial charge in [-0.05, 0) is 49.4 Å². The number of benzene rings is 1. The van der Waals surface area contributed by atoms with E-state index < -0.39 is 17.8 Å². The largest absolute Gasteiger partial charge is 0.416 e. The molecule has 2 unspecified atom stereocenters. The predicted octanol–water partition coefficient (Wildman–Crippen LogP) is 4.08. The van der Waals surface area contributed by atoms with Crippen molar-refractivity contribution in [1.29, 1.82) is 0 Å². The molecule has 2 fully saturated rings. The number of carbonyl (C=O) groups is 1. The summed E-state index contributed by atoms with van der Waals surface area (Å²) in [5.74, 6) is -0.370. The monoisotopic (exact) mass is 494 g/mol. The quantitative estimate of drug-likeness (QED) is 0.657. The number of nitrogens with zero attached hydrogens (tertiary/aromatic N) is 3. The summed E-state index contributed by atoms with van der Waals surface area (Å²) < 4.78 is 45.9. The molecule has 1 aromatic heterocycles. The van der Waals surface area contributed by atoms with Crippen LogP contribution in [0.2, 0.25) is 0 Å². The van der Waals surface area contributed by atoms with Crippen molar-refractivity contribution in [3.05, 3.63) is 52.3 Å². The van der Waals surface area contributed by atoms with Crippen molar-refractivity contribution in [2.45, 2.75) is 56.7 Å². The van der Waals surface area contributed by atoms with Gasteiger partial charge in [0.05, 0.1) is 24.0 Å². The van der Waals surface area contributed by atoms with Crippen LogP contribution < -0.4 is 0 Å². The lowest BCUT2D eigenvalue weighted by atomic mass is 9.82. The third kappa shape index (κ3) is 5.98. The fourth-order valence-corrected chi connectivity index (χ4v) is 5.10. The van der Waals surface area contributed by atoms with Crippen molar-refractivity contribution >= 4 is 6.03 Å². The number of alkyl halides is 3. The Morgan fingerprint density at radius 3 is 2.57 bits per heavy atom. The van der Waals surface area contributed by atoms with Crippen molar-refractivity contribution in [3.63, 3.8) is 0 Å². The second-order valence-corrected chi connectivity index (χ2v) is 9.67. The minimum absolute atomic E-state index is 0.115. The Morgan fingerprint density at radius 2 is 1.89 bits per heavy atom. The van der Waals surface area contributed by atoms with Gasteiger partial charge < -0.3 is 19.6 Å². The van der Waals surface area contributed by atoms with E-state index in [-0.39, 0.29) is 23.4 Å². The van der Waals surface area contributed by atoms with E-state index in [0.29, 0.717) is 64.0 Å². The molecule has 7 nitrogen and oxygen atoms in total. The lowest BCUT2D eigenvalue weighted by Gasteiger charge is -2.41. The zero-order chi connectivity index (χ0) is 25.2. The molecule has 1 aromatic carbocycles. The van der Waals surface area contributed by atoms with E-state index in [9.17, 15) is 23.1 Å². The minimum Gasteiger partial charge on any atom is -0.393 e. The molecule has 2 aliphatic heterocycles. The number of likely N-dealkylation sites (tertiary alicyclic amines) is 2. The Hall–Kier alpha value is -2.59. The maximum atomic E-state index is 13.6. The fraction of sp³-hybridized carbons (Fsp3) is 0.600. The normalized spacial score (nSPS) is 22.0. The summed E-state index contributed by atoms with van der Waals surface area (Å²) in [6.45, 7) is 3.74. The number of hydrogen-bond acceptors (Lipinski definition) is 4. The number of halogens is 3. The van der Waals surface area contributed by atoms with Gasteiger partial charge in [-0.15, -0.1) is 0 Å². The zero-order valence-electron chi connectivity index (χ0n) is 20.1. The first-order valence-electron chi connectivity index (χ1n) is 12.1. The molecule has 2 N–H and O–H groups in total. The van der Waals surface area contributed by atoms with E-state index in [2.05, 4.69) is 10.2 Å². The van der Waals surface area contributed by atoms with Gasteiger partial charge in [-0.25, -0.2) is 4.79 Å². The molecule has 0 aliphatic carbocycles. The van der Waals surface area contributed by atoms with Gasteiger partial charge in [0.15, 0.2) is 0 Å². The second kappa shape index (κ2) is 10.6. The number of hydrogen-bond donors (Lipinski definition) is 2. The fourth-order valence-electron chi connectivity index (χ4n) is 5.10. The SMILES string of the molecule is COCCc1cc(C2CC(c3ccc(C)c(C(F)(F)F)c3)CN(C(=O)N3CCC(O)CC3)C2)n[nH]1. The van der Waals surface area contributed by atoms with Crippen molar-refractivity contribution in [2.24, 2.45) is 0 Å². The van der Waals surface area contributed by atoms with E-state index in [1.165, 1.54) is 19.1 Å². The van der Waals surface area contributed by atoms with Gasteiger partial charge in [-0.3, -0.25) is 5.10 Å². The maximum absolute atomic E-state index is 13.6. The number of carbonyl (C=O) groups excluding carboxylic acids is 1. The van der Waals surface area contributed by atoms with E-state index >= 15 is 0 Å². The Labute approximate surface area is 203 Å². The highest BCUT2D eigenvalue weighted by atomic mass is 19.4. The van der Waals surface area contributed by atoms with E-state index in [1.54, 1.807) is 23.0 Å². The first kappa shape index (κ1) is 25.5. The van der Waals surface area contributed by atoms with Crippen LogP contribution >= 0.6 is 0 Å². The smallest absolute Gasteiger partial charge is 0.393 e. The third-order valence-electron chi connectivity index (χ3n) is 7.14. The van der Waals surface area contributed by atoms with Crippen LogP contribution in [-0.2, 0) is 17.3 Å². The third-order valence-corrected chi connectivity index (χ3v) is 7.14. The number of aliphatic hydroxyl groups is 1. The number of aromatic nitrogens is 2. The molecule has 0 radical (unpaired) electrons. The van der Waals surface area contributed by atoms with Crippen LogP contribution in [0.3, 0.4) is 0 Å². The van der Waals surface area contributed by atoms with Crippen molar-refractivity contribution in [1.82, 2.24) is 20.0 Å². The van der Waals surface area contributed by atoms with Gasteiger partial charge in [0, 0.05) is 57.2 Å². The Bertz CT molecular complexity index is 1020. The maximum Gasteiger partial charge on any atom is 0.416 e. The first-order chi connectivity index (χ1) is 16.7. The molecular weight excluding hydrogens is 461 g/mol. The number of urea groups is 1. The van der Waals surface area contributed by atoms with E-state index in [4.69, 9.17) is 4.74 Å². The first-order valence-corrected chi connectivity index (χ1v) is 12.1. The Morgan fingerprint density at radius 1 is 1.17 bits per heavy atom. The molecule has 0 bridgehead atoms. The molecular formula is C25H33F3N4O3. The summed E-state index contributed by atoms with van der Waals surface area (Å²) in [5.41, 5.74) is 1.84. The Kier molecular flexibility index (Phi) is 7.70. The summed E-state index contributed by atoms with van der Waals surface area (Å²) in [6, 6.07) is 6.31. The van der Waals surface area contributed by atoms with E-state index in [0.717, 1.165) is 11.4 Å². The van der Waals surface area contributed by atoms with Crippen LogP contribution in [0.1, 0.15) is 59.2 Å². The van der Waals surface area contributed by atoms with Gasteiger partial charge in [0.1, 0.15) is 0 Å². The molecule has 35 heavy (non-hydrogen) atoms. The number of aliphatic hydroxyl groups excluding tert-OH is 1. The number of H-pyrrole nitrogens is 1. The summed E-state index contributed by atoms with van der Waals surface area (Å²) in [7, 11) is 1.63. The summed E-state index contributed by atoms with van der Waals surface area (Å²) in [6.07, 6.45) is -2.51. The molecule has 2 aliphatic rings. The van der Waals surface area contributed by atoms with Crippen molar-refractivity contribution in [3.8, 4) is 0 Å². The topological polar surface area (TPSA) is 81.7 Å². The number of methoxy groups -OCH3 is 1. The van der Waals surface area contributed by atoms with Crippen molar-refractivity contribution in [2.75, 3.05) is 39.9 Å². The molecule has 2 amide bonds. The van der Waals surface area contributed by atoms with Crippen LogP contribution in [0.15, 0.2) is 24.3 Å². The average molecular weight is 495 g/mol. The highest BCUT2D eigenvalue weighted by Gasteiger charge is 2.37. The van der Waals surface area contributed by atoms with E-state index in [1.807, 2.05) is 6.07 Å². The standard InChI is InChI=1S/C25H33F3N4O3/c1-16-3-4-17(12-22(16)25(26,27)28)18-11-19(23-13-20(29-30-23)7-10-35-2)15-32(14-18)24(34)31-8-5-21(33)6-9-31/h3-4,12-13,18-19,21,33H,5-11,14-15H2,1-2H3,(H,29,30). The van der Waals surface area contributed by atoms with Crippen LogP contribution in [0.4, 0.5) is 18.0 Å². The summed E-state index contributed by atoms with van der Waals surface area (Å²) in [5, 5.41) is 17.3. The highest BCUT2D eigenvalue weighted by Crippen LogP contribution is 2.39. The number of amides is 2. The number of aryl methyl sites for hydroxylation is 1. The molecule has 4 rings (SSSR count). The van der Waals surface area contributed by atoms with Crippen LogP contribution in [0, 0.1) is 6.92 Å². The molecule has 10 heteroatoms. The second-order valence-electron chi connectivity index (χ2n) is 9.67. The minimum atomic E-state index is -4.43. The van der Waals surface area contributed by atoms with Gasteiger partial charge in [0.2, 0.25) is 0 Å². The predicted molar refractivity (Wildman–Crippen MR) is 124 cm³/mol. The molecule has 2 atom stereocenters. The van der Waals surface area contributed by atoms with Crippen LogP contribution in [0.25, 0.3) is 0 Å². The number of rotatable bonds is 5. The molecule has 0 spiro atoms. The lowest BCUT2D eigenvalue weighted by Crippen LogP contribution is -2.51. The summed E-state index contributed by atoms with van der Waals surface area (Å²) in [4.78, 5) is 16.9. The number of piperidine rings is 2.